The van der Waals surface area contributed by atoms with Gasteiger partial charge in [0.2, 0.25) is 5.91 Å². The fourth-order valence-electron chi connectivity index (χ4n) is 1.95. The van der Waals surface area contributed by atoms with Crippen molar-refractivity contribution >= 4 is 23.5 Å². The Morgan fingerprint density at radius 3 is 2.52 bits per heavy atom. The van der Waals surface area contributed by atoms with Crippen molar-refractivity contribution in [1.82, 2.24) is 5.32 Å². The molecule has 2 amide bonds. The molecule has 7 nitrogen and oxygen atoms in total. The molecule has 10 heteroatoms. The summed E-state index contributed by atoms with van der Waals surface area (Å²) in [5.74, 6) is -6.35. The van der Waals surface area contributed by atoms with Crippen molar-refractivity contribution in [3.05, 3.63) is 53.7 Å². The fraction of sp³-hybridized carbons (Fsp3) is 0.235. The molecular formula is C17H15F3N2O5. The number of anilines is 1. The number of rotatable bonds is 8. The summed E-state index contributed by atoms with van der Waals surface area (Å²) in [6, 6.07) is 4.85. The van der Waals surface area contributed by atoms with Crippen molar-refractivity contribution in [3.63, 3.8) is 0 Å². The number of hydrogen-bond donors (Lipinski definition) is 2. The van der Waals surface area contributed by atoms with Crippen LogP contribution in [0.3, 0.4) is 0 Å². The number of ether oxygens (including phenoxy) is 1. The quantitative estimate of drug-likeness (QED) is 0.535. The minimum Gasteiger partial charge on any atom is -0.469 e. The molecule has 0 aliphatic carbocycles. The normalized spacial score (nSPS) is 10.3. The van der Waals surface area contributed by atoms with Gasteiger partial charge >= 0.3 is 5.97 Å². The fourth-order valence-corrected chi connectivity index (χ4v) is 1.95. The van der Waals surface area contributed by atoms with Crippen LogP contribution in [0, 0.1) is 17.5 Å². The molecule has 2 aromatic rings. The summed E-state index contributed by atoms with van der Waals surface area (Å²) in [7, 11) is 0. The molecule has 0 unspecified atom stereocenters. The molecule has 27 heavy (non-hydrogen) atoms. The average molecular weight is 384 g/mol. The Bertz CT molecular complexity index is 824. The third kappa shape index (κ3) is 6.17. The summed E-state index contributed by atoms with van der Waals surface area (Å²) in [6.07, 6.45) is 1.79. The Balaban J connectivity index is 1.68. The Morgan fingerprint density at radius 2 is 1.81 bits per heavy atom. The van der Waals surface area contributed by atoms with Gasteiger partial charge in [-0.1, -0.05) is 0 Å². The van der Waals surface area contributed by atoms with E-state index in [0.29, 0.717) is 18.2 Å². The molecule has 1 aromatic carbocycles. The summed E-state index contributed by atoms with van der Waals surface area (Å²) < 4.78 is 49.1. The third-order valence-corrected chi connectivity index (χ3v) is 3.28. The number of nitrogens with one attached hydrogen (secondary N) is 2. The molecule has 0 aliphatic rings. The average Bonchev–Trinajstić information content (AvgIpc) is 3.17. The van der Waals surface area contributed by atoms with E-state index in [2.05, 4.69) is 5.32 Å². The number of carbonyl (C=O) groups is 3. The van der Waals surface area contributed by atoms with Crippen molar-refractivity contribution in [2.24, 2.45) is 0 Å². The molecule has 0 atom stereocenters. The number of furan rings is 1. The molecule has 0 aliphatic heterocycles. The minimum absolute atomic E-state index is 0.0106. The molecule has 1 aromatic heterocycles. The van der Waals surface area contributed by atoms with Gasteiger partial charge in [-0.25, -0.2) is 13.2 Å². The Labute approximate surface area is 151 Å². The SMILES string of the molecule is O=C(COC(=O)CCc1ccco1)NCC(=O)Nc1ccc(F)c(F)c1F. The Kier molecular flexibility index (Phi) is 6.98. The van der Waals surface area contributed by atoms with Crippen LogP contribution in [0.25, 0.3) is 0 Å². The Hall–Kier alpha value is -3.30. The first-order chi connectivity index (χ1) is 12.9. The van der Waals surface area contributed by atoms with Crippen LogP contribution in [0.15, 0.2) is 34.9 Å². The van der Waals surface area contributed by atoms with Crippen LogP contribution >= 0.6 is 0 Å². The van der Waals surface area contributed by atoms with E-state index in [4.69, 9.17) is 9.15 Å². The van der Waals surface area contributed by atoms with Crippen LogP contribution < -0.4 is 10.6 Å². The largest absolute Gasteiger partial charge is 0.469 e. The molecule has 144 valence electrons. The van der Waals surface area contributed by atoms with E-state index in [1.807, 2.05) is 5.32 Å². The molecular weight excluding hydrogens is 369 g/mol. The zero-order valence-corrected chi connectivity index (χ0v) is 13.9. The van der Waals surface area contributed by atoms with Crippen molar-refractivity contribution in [2.75, 3.05) is 18.5 Å². The predicted molar refractivity (Wildman–Crippen MR) is 85.9 cm³/mol. The first-order valence-electron chi connectivity index (χ1n) is 7.75. The molecule has 0 bridgehead atoms. The van der Waals surface area contributed by atoms with Crippen LogP contribution in [0.2, 0.25) is 0 Å². The summed E-state index contributed by atoms with van der Waals surface area (Å²) in [6.45, 7) is -1.19. The van der Waals surface area contributed by atoms with Crippen molar-refractivity contribution in [3.8, 4) is 0 Å². The van der Waals surface area contributed by atoms with Crippen LogP contribution in [-0.4, -0.2) is 30.9 Å². The highest BCUT2D eigenvalue weighted by atomic mass is 19.2. The lowest BCUT2D eigenvalue weighted by molar-refractivity contribution is -0.148. The van der Waals surface area contributed by atoms with Crippen LogP contribution in [-0.2, 0) is 25.5 Å². The van der Waals surface area contributed by atoms with E-state index in [9.17, 15) is 27.6 Å². The minimum atomic E-state index is -1.72. The second kappa shape index (κ2) is 9.41. The van der Waals surface area contributed by atoms with Gasteiger partial charge in [-0.15, -0.1) is 0 Å². The van der Waals surface area contributed by atoms with E-state index in [0.717, 1.165) is 6.07 Å². The second-order valence-corrected chi connectivity index (χ2v) is 5.29. The molecule has 0 spiro atoms. The summed E-state index contributed by atoms with van der Waals surface area (Å²) >= 11 is 0. The molecule has 1 heterocycles. The van der Waals surface area contributed by atoms with E-state index in [1.165, 1.54) is 6.26 Å². The zero-order chi connectivity index (χ0) is 19.8. The van der Waals surface area contributed by atoms with Crippen LogP contribution in [0.1, 0.15) is 12.2 Å². The lowest BCUT2D eigenvalue weighted by Gasteiger charge is -2.09. The number of amides is 2. The number of hydrogen-bond acceptors (Lipinski definition) is 5. The van der Waals surface area contributed by atoms with E-state index in [1.54, 1.807) is 12.1 Å². The van der Waals surface area contributed by atoms with Gasteiger partial charge in [0.15, 0.2) is 24.1 Å². The lowest BCUT2D eigenvalue weighted by atomic mass is 10.2. The van der Waals surface area contributed by atoms with Gasteiger partial charge in [-0.2, -0.15) is 0 Å². The maximum atomic E-state index is 13.4. The van der Waals surface area contributed by atoms with Crippen LogP contribution in [0.4, 0.5) is 18.9 Å². The van der Waals surface area contributed by atoms with Gasteiger partial charge in [0, 0.05) is 6.42 Å². The molecule has 0 radical (unpaired) electrons. The van der Waals surface area contributed by atoms with Gasteiger partial charge in [0.05, 0.1) is 24.9 Å². The monoisotopic (exact) mass is 384 g/mol. The zero-order valence-electron chi connectivity index (χ0n) is 13.9. The molecule has 0 saturated carbocycles. The van der Waals surface area contributed by atoms with E-state index >= 15 is 0 Å². The number of benzene rings is 1. The number of carbonyl (C=O) groups excluding carboxylic acids is 3. The van der Waals surface area contributed by atoms with E-state index in [-0.39, 0.29) is 6.42 Å². The number of esters is 1. The number of aryl methyl sites for hydroxylation is 1. The third-order valence-electron chi connectivity index (χ3n) is 3.28. The van der Waals surface area contributed by atoms with Crippen LogP contribution in [0.5, 0.6) is 0 Å². The summed E-state index contributed by atoms with van der Waals surface area (Å²) in [5.41, 5.74) is -0.572. The van der Waals surface area contributed by atoms with Gasteiger partial charge in [-0.3, -0.25) is 14.4 Å². The topological polar surface area (TPSA) is 97.6 Å². The highest BCUT2D eigenvalue weighted by molar-refractivity contribution is 5.94. The van der Waals surface area contributed by atoms with Crippen molar-refractivity contribution in [2.45, 2.75) is 12.8 Å². The Morgan fingerprint density at radius 1 is 1.04 bits per heavy atom. The predicted octanol–water partition coefficient (Wildman–Crippen LogP) is 1.93. The van der Waals surface area contributed by atoms with Gasteiger partial charge in [0.25, 0.3) is 5.91 Å². The first kappa shape index (κ1) is 20.0. The number of halogens is 3. The molecule has 2 rings (SSSR count). The molecule has 0 fully saturated rings. The standard InChI is InChI=1S/C17H15F3N2O5/c18-11-4-5-12(17(20)16(11)19)22-13(23)8-21-14(24)9-27-15(25)6-3-10-2-1-7-26-10/h1-2,4-5,7H,3,6,8-9H2,(H,21,24)(H,22,23). The smallest absolute Gasteiger partial charge is 0.306 e. The van der Waals surface area contributed by atoms with Crippen molar-refractivity contribution in [1.29, 1.82) is 0 Å². The van der Waals surface area contributed by atoms with Gasteiger partial charge in [0.1, 0.15) is 5.76 Å². The molecule has 0 saturated heterocycles. The second-order valence-electron chi connectivity index (χ2n) is 5.29. The van der Waals surface area contributed by atoms with Gasteiger partial charge in [-0.05, 0) is 24.3 Å². The molecule has 2 N–H and O–H groups in total. The highest BCUT2D eigenvalue weighted by Gasteiger charge is 2.16. The lowest BCUT2D eigenvalue weighted by Crippen LogP contribution is -2.35. The summed E-state index contributed by atoms with van der Waals surface area (Å²) in [4.78, 5) is 34.6. The maximum absolute atomic E-state index is 13.4. The van der Waals surface area contributed by atoms with Crippen molar-refractivity contribution < 1.29 is 36.7 Å². The highest BCUT2D eigenvalue weighted by Crippen LogP contribution is 2.19. The first-order valence-corrected chi connectivity index (χ1v) is 7.75. The van der Waals surface area contributed by atoms with Gasteiger partial charge < -0.3 is 19.8 Å². The summed E-state index contributed by atoms with van der Waals surface area (Å²) in [5, 5.41) is 4.12. The van der Waals surface area contributed by atoms with E-state index < -0.39 is 54.1 Å². The maximum Gasteiger partial charge on any atom is 0.306 e.